The number of fused-ring (bicyclic) bond motifs is 3. The Morgan fingerprint density at radius 3 is 2.49 bits per heavy atom. The zero-order valence-electron chi connectivity index (χ0n) is 25.0. The van der Waals surface area contributed by atoms with Gasteiger partial charge in [-0.2, -0.15) is 5.09 Å². The van der Waals surface area contributed by atoms with Gasteiger partial charge in [0.25, 0.3) is 0 Å². The highest BCUT2D eigenvalue weighted by Crippen LogP contribution is 2.46. The van der Waals surface area contributed by atoms with E-state index in [2.05, 4.69) is 10.1 Å². The monoisotopic (exact) mass is 613 g/mol. The Kier molecular flexibility index (Phi) is 10.8. The predicted octanol–water partition coefficient (Wildman–Crippen LogP) is 5.28. The van der Waals surface area contributed by atoms with Gasteiger partial charge in [-0.05, 0) is 45.4 Å². The number of ether oxygens (including phenoxy) is 2. The van der Waals surface area contributed by atoms with E-state index in [4.69, 9.17) is 29.2 Å². The van der Waals surface area contributed by atoms with Crippen LogP contribution in [0.2, 0.25) is 0 Å². The minimum Gasteiger partial charge on any atom is -0.465 e. The number of hydrogen-bond donors (Lipinski definition) is 3. The maximum absolute atomic E-state index is 14.0. The van der Waals surface area contributed by atoms with Gasteiger partial charge in [0.05, 0.1) is 24.2 Å². The van der Waals surface area contributed by atoms with Crippen molar-refractivity contribution in [2.75, 3.05) is 25.6 Å². The predicted molar refractivity (Wildman–Crippen MR) is 164 cm³/mol. The number of imidazole rings is 1. The van der Waals surface area contributed by atoms with Gasteiger partial charge in [0.1, 0.15) is 35.5 Å². The lowest BCUT2D eigenvalue weighted by Crippen LogP contribution is -2.37. The fraction of sp³-hybridized carbons (Fsp3) is 0.433. The second-order valence-corrected chi connectivity index (χ2v) is 11.7. The third-order valence-corrected chi connectivity index (χ3v) is 8.49. The summed E-state index contributed by atoms with van der Waals surface area (Å²) in [5, 5.41) is 15.8. The zero-order valence-corrected chi connectivity index (χ0v) is 25.9. The van der Waals surface area contributed by atoms with Crippen molar-refractivity contribution in [3.05, 3.63) is 60.4 Å². The van der Waals surface area contributed by atoms with Crippen molar-refractivity contribution in [1.82, 2.24) is 19.6 Å². The summed E-state index contributed by atoms with van der Waals surface area (Å²) in [7, 11) is -4.12. The minimum absolute atomic E-state index is 0.000410. The van der Waals surface area contributed by atoms with E-state index in [-0.39, 0.29) is 37.8 Å². The summed E-state index contributed by atoms with van der Waals surface area (Å²) < 4.78 is 38.1. The number of rotatable bonds is 16. The van der Waals surface area contributed by atoms with Crippen LogP contribution in [0.15, 0.2) is 54.6 Å². The number of carbonyl (C=O) groups excluding carboxylic acids is 1. The van der Waals surface area contributed by atoms with Crippen molar-refractivity contribution in [2.45, 2.75) is 65.3 Å². The van der Waals surface area contributed by atoms with E-state index in [1.807, 2.05) is 38.1 Å². The molecule has 232 valence electrons. The molecule has 0 aliphatic rings. The van der Waals surface area contributed by atoms with Gasteiger partial charge in [-0.25, -0.2) is 14.5 Å². The summed E-state index contributed by atoms with van der Waals surface area (Å²) in [6.45, 7) is 7.55. The van der Waals surface area contributed by atoms with Crippen molar-refractivity contribution in [1.29, 1.82) is 0 Å². The Balaban J connectivity index is 1.71. The number of hydrogen-bond acceptors (Lipinski definition) is 10. The topological polar surface area (TPSA) is 160 Å². The lowest BCUT2D eigenvalue weighted by molar-refractivity contribution is -0.144. The molecule has 1 unspecified atom stereocenters. The lowest BCUT2D eigenvalue weighted by atomic mass is 10.0. The molecule has 0 saturated carbocycles. The molecule has 0 bridgehead atoms. The van der Waals surface area contributed by atoms with Crippen LogP contribution in [0.25, 0.3) is 21.9 Å². The number of carbonyl (C=O) groups is 1. The van der Waals surface area contributed by atoms with E-state index in [0.29, 0.717) is 41.8 Å². The first-order chi connectivity index (χ1) is 20.6. The lowest BCUT2D eigenvalue weighted by Gasteiger charge is -2.33. The molecule has 4 N–H and O–H groups in total. The van der Waals surface area contributed by atoms with Crippen molar-refractivity contribution in [3.8, 4) is 5.75 Å². The highest BCUT2D eigenvalue weighted by molar-refractivity contribution is 7.52. The Bertz CT molecular complexity index is 1580. The van der Waals surface area contributed by atoms with E-state index >= 15 is 0 Å². The number of nitrogens with one attached hydrogen (secondary N) is 1. The number of aromatic nitrogens is 3. The van der Waals surface area contributed by atoms with Gasteiger partial charge in [0.2, 0.25) is 0 Å². The van der Waals surface area contributed by atoms with Gasteiger partial charge in [0.15, 0.2) is 5.82 Å². The first kappa shape index (κ1) is 32.4. The molecule has 0 amide bonds. The molecule has 0 radical (unpaired) electrons. The highest BCUT2D eigenvalue weighted by atomic mass is 31.2. The SMILES string of the molecule is CCC[C@](O)(CCOP(=O)(N[C@@H](C)C(=O)OCC)Oc1ccccc1)n1c(COCC)nc2c(N)nc3ccccc3c21. The number of nitrogens with two attached hydrogens (primary N) is 1. The first-order valence-electron chi connectivity index (χ1n) is 14.4. The summed E-state index contributed by atoms with van der Waals surface area (Å²) >= 11 is 0. The van der Waals surface area contributed by atoms with Crippen LogP contribution >= 0.6 is 7.75 Å². The molecule has 3 atom stereocenters. The fourth-order valence-corrected chi connectivity index (χ4v) is 6.42. The number of esters is 1. The van der Waals surface area contributed by atoms with Crippen LogP contribution in [0.1, 0.15) is 52.8 Å². The number of nitrogens with zero attached hydrogens (tertiary/aromatic N) is 3. The van der Waals surface area contributed by atoms with Crippen LogP contribution in [0.4, 0.5) is 5.82 Å². The molecule has 4 aromatic rings. The summed E-state index contributed by atoms with van der Waals surface area (Å²) in [5.74, 6) is 0.384. The maximum Gasteiger partial charge on any atom is 0.459 e. The Morgan fingerprint density at radius 2 is 1.79 bits per heavy atom. The maximum atomic E-state index is 14.0. The average Bonchev–Trinajstić information content (AvgIpc) is 3.38. The minimum atomic E-state index is -4.12. The Labute approximate surface area is 251 Å². The number of pyridine rings is 1. The molecule has 43 heavy (non-hydrogen) atoms. The molecule has 13 heteroatoms. The molecule has 2 aromatic heterocycles. The van der Waals surface area contributed by atoms with Gasteiger partial charge in [-0.3, -0.25) is 13.9 Å². The Morgan fingerprint density at radius 1 is 1.07 bits per heavy atom. The smallest absolute Gasteiger partial charge is 0.459 e. The quantitative estimate of drug-likeness (QED) is 0.111. The van der Waals surface area contributed by atoms with Crippen LogP contribution in [0, 0.1) is 0 Å². The largest absolute Gasteiger partial charge is 0.465 e. The van der Waals surface area contributed by atoms with Crippen LogP contribution in [0.3, 0.4) is 0 Å². The number of anilines is 1. The van der Waals surface area contributed by atoms with Crippen LogP contribution < -0.4 is 15.3 Å². The standard InChI is InChI=1S/C30H40N5O7P/c1-5-17-30(37,18-19-41-43(38,34-21(4)29(36)40-7-3)42-22-13-9-8-10-14-22)35-25(20-39-6-2)33-26-27(35)23-15-11-12-16-24(23)32-28(26)31/h8-16,21,37H,5-7,17-20H2,1-4H3,(H2,31,32)(H,34,38)/t21-,30-,43?/m0/s1. The molecule has 2 aromatic carbocycles. The van der Waals surface area contributed by atoms with Gasteiger partial charge in [-0.15, -0.1) is 0 Å². The number of para-hydroxylation sites is 2. The van der Waals surface area contributed by atoms with Crippen molar-refractivity contribution in [3.63, 3.8) is 0 Å². The second kappa shape index (κ2) is 14.3. The number of aliphatic hydroxyl groups is 1. The molecular weight excluding hydrogens is 573 g/mol. The molecule has 0 fully saturated rings. The molecule has 0 aliphatic heterocycles. The first-order valence-corrected chi connectivity index (χ1v) is 16.0. The number of nitrogen functional groups attached to an aromatic ring is 1. The van der Waals surface area contributed by atoms with Crippen LogP contribution in [-0.2, 0) is 35.7 Å². The van der Waals surface area contributed by atoms with Crippen molar-refractivity contribution >= 4 is 41.5 Å². The van der Waals surface area contributed by atoms with E-state index in [1.54, 1.807) is 41.8 Å². The average molecular weight is 614 g/mol. The molecule has 0 aliphatic carbocycles. The van der Waals surface area contributed by atoms with E-state index < -0.39 is 25.5 Å². The second-order valence-electron chi connectivity index (χ2n) is 10.0. The summed E-state index contributed by atoms with van der Waals surface area (Å²) in [5.41, 5.74) is 6.52. The van der Waals surface area contributed by atoms with Gasteiger partial charge >= 0.3 is 13.7 Å². The summed E-state index contributed by atoms with van der Waals surface area (Å²) in [4.78, 5) is 21.6. The highest BCUT2D eigenvalue weighted by Gasteiger charge is 2.37. The molecule has 0 saturated heterocycles. The fourth-order valence-electron chi connectivity index (χ4n) is 4.93. The third kappa shape index (κ3) is 7.52. The Hall–Kier alpha value is -3.54. The van der Waals surface area contributed by atoms with Crippen molar-refractivity contribution < 1.29 is 33.0 Å². The third-order valence-electron chi connectivity index (χ3n) is 6.82. The molecule has 0 spiro atoms. The van der Waals surface area contributed by atoms with E-state index in [0.717, 1.165) is 5.39 Å². The zero-order chi connectivity index (χ0) is 31.0. The molecule has 12 nitrogen and oxygen atoms in total. The molecular formula is C30H40N5O7P. The van der Waals surface area contributed by atoms with Gasteiger partial charge in [0, 0.05) is 18.4 Å². The van der Waals surface area contributed by atoms with E-state index in [1.165, 1.54) is 6.92 Å². The van der Waals surface area contributed by atoms with Crippen LogP contribution in [-0.4, -0.2) is 51.5 Å². The summed E-state index contributed by atoms with van der Waals surface area (Å²) in [6, 6.07) is 15.0. The van der Waals surface area contributed by atoms with Gasteiger partial charge < -0.3 is 24.8 Å². The normalized spacial score (nSPS) is 15.2. The van der Waals surface area contributed by atoms with Crippen LogP contribution in [0.5, 0.6) is 5.75 Å². The van der Waals surface area contributed by atoms with Gasteiger partial charge in [-0.1, -0.05) is 49.7 Å². The molecule has 2 heterocycles. The van der Waals surface area contributed by atoms with Crippen molar-refractivity contribution in [2.24, 2.45) is 0 Å². The summed E-state index contributed by atoms with van der Waals surface area (Å²) in [6.07, 6.45) is 0.923. The van der Waals surface area contributed by atoms with E-state index in [9.17, 15) is 14.5 Å². The molecule has 4 rings (SSSR count). The number of benzene rings is 2.